The van der Waals surface area contributed by atoms with Crippen molar-refractivity contribution >= 4 is 16.8 Å². The number of carbonyl (C=O) groups excluding carboxylic acids is 1. The van der Waals surface area contributed by atoms with Gasteiger partial charge in [-0.15, -0.1) is 0 Å². The van der Waals surface area contributed by atoms with Crippen molar-refractivity contribution in [2.24, 2.45) is 0 Å². The molecular weight excluding hydrogens is 510 g/mol. The van der Waals surface area contributed by atoms with Gasteiger partial charge < -0.3 is 24.3 Å². The Bertz CT molecular complexity index is 1370. The van der Waals surface area contributed by atoms with Crippen molar-refractivity contribution in [2.75, 3.05) is 33.9 Å². The molecule has 4 aromatic rings. The molecule has 0 radical (unpaired) electrons. The van der Waals surface area contributed by atoms with Gasteiger partial charge in [0.2, 0.25) is 5.91 Å². The summed E-state index contributed by atoms with van der Waals surface area (Å²) in [5, 5.41) is 4.43. The molecule has 0 bridgehead atoms. The fourth-order valence-corrected chi connectivity index (χ4v) is 5.65. The predicted octanol–water partition coefficient (Wildman–Crippen LogP) is 6.86. The largest absolute Gasteiger partial charge is 0.497 e. The number of benzene rings is 3. The van der Waals surface area contributed by atoms with Crippen LogP contribution >= 0.6 is 0 Å². The molecule has 0 saturated heterocycles. The van der Waals surface area contributed by atoms with Crippen LogP contribution < -0.4 is 14.8 Å². The Labute approximate surface area is 245 Å². The number of hydrogen-bond acceptors (Lipinski definition) is 4. The van der Waals surface area contributed by atoms with E-state index in [1.165, 1.54) is 5.56 Å². The van der Waals surface area contributed by atoms with Gasteiger partial charge >= 0.3 is 0 Å². The first-order valence-corrected chi connectivity index (χ1v) is 14.8. The van der Waals surface area contributed by atoms with Crippen LogP contribution in [0.5, 0.6) is 11.5 Å². The number of nitrogens with zero attached hydrogens (tertiary/aromatic N) is 2. The lowest BCUT2D eigenvalue weighted by molar-refractivity contribution is -0.121. The number of ether oxygens (including phenoxy) is 2. The van der Waals surface area contributed by atoms with Crippen LogP contribution in [0.15, 0.2) is 79.0 Å². The lowest BCUT2D eigenvalue weighted by Crippen LogP contribution is -2.34. The molecule has 0 aliphatic carbocycles. The maximum Gasteiger partial charge on any atom is 0.221 e. The minimum Gasteiger partial charge on any atom is -0.497 e. The summed E-state index contributed by atoms with van der Waals surface area (Å²) in [6.07, 6.45) is 4.56. The molecule has 6 nitrogen and oxygen atoms in total. The number of aromatic nitrogens is 1. The number of para-hydroxylation sites is 1. The standard InChI is InChI=1S/C35H45N3O3/c1-6-37(7-2)19-13-14-26(3)36-35(39)23-32(28-20-29(40-4)22-30(21-28)41-5)33-25-38(24-27-15-9-8-10-16-27)34-18-12-11-17-31(33)34/h8-12,15-18,20-22,25-26,32H,6-7,13-14,19,23-24H2,1-5H3,(H,36,39). The van der Waals surface area contributed by atoms with E-state index in [1.54, 1.807) is 14.2 Å². The van der Waals surface area contributed by atoms with Crippen LogP contribution in [0, 0.1) is 0 Å². The van der Waals surface area contributed by atoms with Crippen molar-refractivity contribution in [1.82, 2.24) is 14.8 Å². The molecule has 1 amide bonds. The number of methoxy groups -OCH3 is 2. The van der Waals surface area contributed by atoms with Gasteiger partial charge in [0.15, 0.2) is 0 Å². The fraction of sp³-hybridized carbons (Fsp3) is 0.400. The highest BCUT2D eigenvalue weighted by atomic mass is 16.5. The molecule has 3 aromatic carbocycles. The summed E-state index contributed by atoms with van der Waals surface area (Å²) in [4.78, 5) is 16.0. The van der Waals surface area contributed by atoms with Crippen LogP contribution in [-0.2, 0) is 11.3 Å². The molecule has 6 heteroatoms. The van der Waals surface area contributed by atoms with Crippen molar-refractivity contribution in [2.45, 2.75) is 58.5 Å². The van der Waals surface area contributed by atoms with E-state index in [-0.39, 0.29) is 17.9 Å². The van der Waals surface area contributed by atoms with Gasteiger partial charge in [0.1, 0.15) is 11.5 Å². The van der Waals surface area contributed by atoms with E-state index in [4.69, 9.17) is 9.47 Å². The molecule has 1 N–H and O–H groups in total. The Morgan fingerprint density at radius 3 is 2.24 bits per heavy atom. The number of carbonyl (C=O) groups is 1. The molecule has 0 fully saturated rings. The third-order valence-electron chi connectivity index (χ3n) is 7.97. The van der Waals surface area contributed by atoms with E-state index in [0.717, 1.165) is 61.1 Å². The van der Waals surface area contributed by atoms with Crippen LogP contribution in [0.1, 0.15) is 62.6 Å². The number of amides is 1. The summed E-state index contributed by atoms with van der Waals surface area (Å²) in [5.41, 5.74) is 4.50. The van der Waals surface area contributed by atoms with Crippen molar-refractivity contribution < 1.29 is 14.3 Å². The highest BCUT2D eigenvalue weighted by molar-refractivity contribution is 5.87. The van der Waals surface area contributed by atoms with Gasteiger partial charge in [-0.05, 0) is 74.3 Å². The third kappa shape index (κ3) is 7.92. The Morgan fingerprint density at radius 1 is 0.927 bits per heavy atom. The van der Waals surface area contributed by atoms with Crippen molar-refractivity contribution in [3.63, 3.8) is 0 Å². The molecule has 41 heavy (non-hydrogen) atoms. The SMILES string of the molecule is CCN(CC)CCCC(C)NC(=O)CC(c1cc(OC)cc(OC)c1)c1cn(Cc2ccccc2)c2ccccc12. The summed E-state index contributed by atoms with van der Waals surface area (Å²) < 4.78 is 13.5. The maximum atomic E-state index is 13.6. The molecule has 1 aromatic heterocycles. The molecule has 218 valence electrons. The molecule has 2 atom stereocenters. The quantitative estimate of drug-likeness (QED) is 0.174. The van der Waals surface area contributed by atoms with Gasteiger partial charge in [-0.3, -0.25) is 4.79 Å². The minimum absolute atomic E-state index is 0.0482. The van der Waals surface area contributed by atoms with Crippen molar-refractivity contribution in [3.05, 3.63) is 95.7 Å². The van der Waals surface area contributed by atoms with Gasteiger partial charge in [-0.1, -0.05) is 62.4 Å². The second kappa shape index (κ2) is 14.7. The Kier molecular flexibility index (Phi) is 10.9. The van der Waals surface area contributed by atoms with Gasteiger partial charge in [0, 0.05) is 48.1 Å². The lowest BCUT2D eigenvalue weighted by Gasteiger charge is -2.22. The van der Waals surface area contributed by atoms with E-state index in [0.29, 0.717) is 17.9 Å². The molecule has 4 rings (SSSR count). The number of rotatable bonds is 15. The van der Waals surface area contributed by atoms with Gasteiger partial charge in [-0.2, -0.15) is 0 Å². The van der Waals surface area contributed by atoms with Crippen LogP contribution in [0.3, 0.4) is 0 Å². The minimum atomic E-state index is -0.177. The highest BCUT2D eigenvalue weighted by Gasteiger charge is 2.25. The summed E-state index contributed by atoms with van der Waals surface area (Å²) in [5.74, 6) is 1.29. The Morgan fingerprint density at radius 2 is 1.59 bits per heavy atom. The molecule has 0 aliphatic heterocycles. The van der Waals surface area contributed by atoms with Crippen molar-refractivity contribution in [1.29, 1.82) is 0 Å². The van der Waals surface area contributed by atoms with E-state index in [2.05, 4.69) is 90.3 Å². The fourth-order valence-electron chi connectivity index (χ4n) is 5.65. The molecule has 1 heterocycles. The van der Waals surface area contributed by atoms with Gasteiger partial charge in [0.05, 0.1) is 14.2 Å². The first-order valence-electron chi connectivity index (χ1n) is 14.8. The van der Waals surface area contributed by atoms with E-state index < -0.39 is 0 Å². The number of hydrogen-bond donors (Lipinski definition) is 1. The monoisotopic (exact) mass is 555 g/mol. The van der Waals surface area contributed by atoms with Crippen LogP contribution in [0.4, 0.5) is 0 Å². The number of fused-ring (bicyclic) bond motifs is 1. The van der Waals surface area contributed by atoms with Crippen molar-refractivity contribution in [3.8, 4) is 11.5 Å². The number of nitrogens with one attached hydrogen (secondary N) is 1. The van der Waals surface area contributed by atoms with Crippen LogP contribution in [0.2, 0.25) is 0 Å². The second-order valence-corrected chi connectivity index (χ2v) is 10.8. The Hall–Kier alpha value is -3.77. The molecule has 2 unspecified atom stereocenters. The van der Waals surface area contributed by atoms with Gasteiger partial charge in [0.25, 0.3) is 0 Å². The molecule has 0 saturated carbocycles. The van der Waals surface area contributed by atoms with E-state index in [1.807, 2.05) is 24.3 Å². The Balaban J connectivity index is 1.65. The van der Waals surface area contributed by atoms with E-state index >= 15 is 0 Å². The average molecular weight is 556 g/mol. The van der Waals surface area contributed by atoms with Gasteiger partial charge in [-0.25, -0.2) is 0 Å². The second-order valence-electron chi connectivity index (χ2n) is 10.8. The molecular formula is C35H45N3O3. The summed E-state index contributed by atoms with van der Waals surface area (Å²) >= 11 is 0. The van der Waals surface area contributed by atoms with Crippen LogP contribution in [0.25, 0.3) is 10.9 Å². The summed E-state index contributed by atoms with van der Waals surface area (Å²) in [6.45, 7) is 10.4. The average Bonchev–Trinajstić information content (AvgIpc) is 3.36. The first-order chi connectivity index (χ1) is 19.9. The lowest BCUT2D eigenvalue weighted by atomic mass is 9.87. The highest BCUT2D eigenvalue weighted by Crippen LogP contribution is 2.38. The van der Waals surface area contributed by atoms with Crippen LogP contribution in [-0.4, -0.2) is 55.3 Å². The topological polar surface area (TPSA) is 55.7 Å². The zero-order valence-electron chi connectivity index (χ0n) is 25.2. The summed E-state index contributed by atoms with van der Waals surface area (Å²) in [6, 6.07) is 25.0. The summed E-state index contributed by atoms with van der Waals surface area (Å²) in [7, 11) is 3.32. The normalized spacial score (nSPS) is 12.8. The zero-order valence-corrected chi connectivity index (χ0v) is 25.2. The molecule has 0 spiro atoms. The maximum absolute atomic E-state index is 13.6. The van der Waals surface area contributed by atoms with E-state index in [9.17, 15) is 4.79 Å². The first kappa shape index (κ1) is 30.2. The smallest absolute Gasteiger partial charge is 0.221 e. The predicted molar refractivity (Wildman–Crippen MR) is 168 cm³/mol. The third-order valence-corrected chi connectivity index (χ3v) is 7.97. The zero-order chi connectivity index (χ0) is 29.2. The molecule has 0 aliphatic rings.